The maximum Gasteiger partial charge on any atom is 0.307 e. The largest absolute Gasteiger partial charge is 0.428 e. The molecule has 2 aromatic heterocycles. The molecule has 0 unspecified atom stereocenters. The van der Waals surface area contributed by atoms with Gasteiger partial charge in [0.05, 0.1) is 6.20 Å². The van der Waals surface area contributed by atoms with E-state index in [1.807, 2.05) is 13.1 Å². The van der Waals surface area contributed by atoms with Crippen LogP contribution < -0.4 is 0 Å². The summed E-state index contributed by atoms with van der Waals surface area (Å²) in [5.41, 5.74) is 0. The first-order valence-corrected chi connectivity index (χ1v) is 5.37. The van der Waals surface area contributed by atoms with Crippen molar-refractivity contribution in [3.05, 3.63) is 30.2 Å². The zero-order valence-electron chi connectivity index (χ0n) is 9.26. The Morgan fingerprint density at radius 2 is 2.25 bits per heavy atom. The molecule has 0 amide bonds. The first-order valence-electron chi connectivity index (χ1n) is 5.37. The van der Waals surface area contributed by atoms with Gasteiger partial charge in [-0.25, -0.2) is 9.97 Å². The van der Waals surface area contributed by atoms with Crippen molar-refractivity contribution in [2.24, 2.45) is 0 Å². The van der Waals surface area contributed by atoms with E-state index in [2.05, 4.69) is 9.97 Å². The second-order valence-corrected chi connectivity index (χ2v) is 3.63. The summed E-state index contributed by atoms with van der Waals surface area (Å²) < 4.78 is 7.39. The van der Waals surface area contributed by atoms with Crippen molar-refractivity contribution in [2.75, 3.05) is 6.61 Å². The van der Waals surface area contributed by atoms with E-state index in [9.17, 15) is 0 Å². The van der Waals surface area contributed by atoms with Crippen molar-refractivity contribution in [1.29, 1.82) is 0 Å². The Kier molecular flexibility index (Phi) is 3.36. The highest BCUT2D eigenvalue weighted by Crippen LogP contribution is 2.12. The minimum atomic E-state index is 0.224. The third-order valence-electron chi connectivity index (χ3n) is 2.40. The van der Waals surface area contributed by atoms with Gasteiger partial charge in [-0.15, -0.1) is 0 Å². The van der Waals surface area contributed by atoms with Crippen LogP contribution in [0, 0.1) is 6.92 Å². The Labute approximate surface area is 93.8 Å². The third kappa shape index (κ3) is 2.30. The predicted octanol–water partition coefficient (Wildman–Crippen LogP) is 1.48. The van der Waals surface area contributed by atoms with Crippen molar-refractivity contribution >= 4 is 0 Å². The van der Waals surface area contributed by atoms with Crippen molar-refractivity contribution in [1.82, 2.24) is 14.5 Å². The number of rotatable bonds is 5. The number of oxazole rings is 1. The summed E-state index contributed by atoms with van der Waals surface area (Å²) in [6.07, 6.45) is 7.77. The molecule has 0 aliphatic rings. The molecule has 0 aliphatic carbocycles. The average molecular weight is 221 g/mol. The maximum atomic E-state index is 8.68. The van der Waals surface area contributed by atoms with Gasteiger partial charge >= 0.3 is 6.01 Å². The fraction of sp³-hybridized carbons (Fsp3) is 0.455. The molecule has 0 saturated carbocycles. The van der Waals surface area contributed by atoms with E-state index >= 15 is 0 Å². The molecule has 2 heterocycles. The Balaban J connectivity index is 2.05. The monoisotopic (exact) mass is 221 g/mol. The molecule has 0 saturated heterocycles. The first-order chi connectivity index (χ1) is 7.81. The van der Waals surface area contributed by atoms with Crippen LogP contribution in [0.25, 0.3) is 6.01 Å². The summed E-state index contributed by atoms with van der Waals surface area (Å²) in [6, 6.07) is 0.550. The van der Waals surface area contributed by atoms with E-state index in [1.165, 1.54) is 0 Å². The summed E-state index contributed by atoms with van der Waals surface area (Å²) in [5, 5.41) is 8.68. The number of hydrogen-bond donors (Lipinski definition) is 1. The molecular weight excluding hydrogens is 206 g/mol. The Bertz CT molecular complexity index is 448. The average Bonchev–Trinajstić information content (AvgIpc) is 2.87. The lowest BCUT2D eigenvalue weighted by Gasteiger charge is -1.97. The molecule has 1 N–H and O–H groups in total. The molecule has 0 atom stereocenters. The Hall–Kier alpha value is -1.62. The smallest absolute Gasteiger partial charge is 0.307 e. The highest BCUT2D eigenvalue weighted by atomic mass is 16.4. The van der Waals surface area contributed by atoms with E-state index in [0.717, 1.165) is 30.8 Å². The molecule has 0 bridgehead atoms. The summed E-state index contributed by atoms with van der Waals surface area (Å²) in [7, 11) is 0. The second kappa shape index (κ2) is 4.94. The Morgan fingerprint density at radius 1 is 1.38 bits per heavy atom. The summed E-state index contributed by atoms with van der Waals surface area (Å²) in [4.78, 5) is 8.30. The van der Waals surface area contributed by atoms with Crippen LogP contribution in [0.5, 0.6) is 0 Å². The van der Waals surface area contributed by atoms with Gasteiger partial charge in [0, 0.05) is 25.4 Å². The standard InChI is InChI=1S/C11H15N3O2/c1-9-12-5-6-14(9)11-13-8-10(16-11)4-2-3-7-15/h5-6,8,15H,2-4,7H2,1H3. The molecule has 0 fully saturated rings. The van der Waals surface area contributed by atoms with Crippen LogP contribution in [0.15, 0.2) is 23.0 Å². The van der Waals surface area contributed by atoms with Crippen molar-refractivity contribution in [3.8, 4) is 6.01 Å². The number of aliphatic hydroxyl groups is 1. The number of nitrogens with zero attached hydrogens (tertiary/aromatic N) is 3. The molecule has 0 aliphatic heterocycles. The third-order valence-corrected chi connectivity index (χ3v) is 2.40. The van der Waals surface area contributed by atoms with Crippen LogP contribution in [0.1, 0.15) is 24.4 Å². The van der Waals surface area contributed by atoms with Crippen LogP contribution in [0.3, 0.4) is 0 Å². The number of aryl methyl sites for hydroxylation is 2. The second-order valence-electron chi connectivity index (χ2n) is 3.63. The fourth-order valence-electron chi connectivity index (χ4n) is 1.52. The topological polar surface area (TPSA) is 64.1 Å². The number of hydrogen-bond acceptors (Lipinski definition) is 4. The molecule has 0 spiro atoms. The Morgan fingerprint density at radius 3 is 2.94 bits per heavy atom. The molecule has 86 valence electrons. The maximum absolute atomic E-state index is 8.68. The normalized spacial score (nSPS) is 10.9. The van der Waals surface area contributed by atoms with Gasteiger partial charge in [-0.1, -0.05) is 0 Å². The van der Waals surface area contributed by atoms with Gasteiger partial charge < -0.3 is 9.52 Å². The van der Waals surface area contributed by atoms with E-state index in [4.69, 9.17) is 9.52 Å². The summed E-state index contributed by atoms with van der Waals surface area (Å²) in [6.45, 7) is 2.12. The molecule has 2 aromatic rings. The van der Waals surface area contributed by atoms with Gasteiger partial charge in [0.15, 0.2) is 0 Å². The first kappa shape index (κ1) is 10.9. The van der Waals surface area contributed by atoms with Crippen LogP contribution in [-0.4, -0.2) is 26.2 Å². The number of imidazole rings is 1. The van der Waals surface area contributed by atoms with Gasteiger partial charge in [-0.2, -0.15) is 0 Å². The molecule has 16 heavy (non-hydrogen) atoms. The lowest BCUT2D eigenvalue weighted by Crippen LogP contribution is -1.94. The summed E-state index contributed by atoms with van der Waals surface area (Å²) in [5.74, 6) is 1.69. The zero-order valence-corrected chi connectivity index (χ0v) is 9.26. The molecule has 0 radical (unpaired) electrons. The molecule has 0 aromatic carbocycles. The minimum absolute atomic E-state index is 0.224. The quantitative estimate of drug-likeness (QED) is 0.777. The van der Waals surface area contributed by atoms with Crippen molar-refractivity contribution < 1.29 is 9.52 Å². The van der Waals surface area contributed by atoms with Crippen LogP contribution in [-0.2, 0) is 6.42 Å². The SMILES string of the molecule is Cc1nccn1-c1ncc(CCCCO)o1. The lowest BCUT2D eigenvalue weighted by molar-refractivity contribution is 0.283. The number of aromatic nitrogens is 3. The van der Waals surface area contributed by atoms with Gasteiger partial charge in [0.1, 0.15) is 11.6 Å². The van der Waals surface area contributed by atoms with E-state index in [1.54, 1.807) is 17.0 Å². The number of aliphatic hydroxyl groups excluding tert-OH is 1. The van der Waals surface area contributed by atoms with Crippen molar-refractivity contribution in [2.45, 2.75) is 26.2 Å². The predicted molar refractivity (Wildman–Crippen MR) is 58.4 cm³/mol. The van der Waals surface area contributed by atoms with E-state index < -0.39 is 0 Å². The molecule has 5 heteroatoms. The zero-order chi connectivity index (χ0) is 11.4. The fourth-order valence-corrected chi connectivity index (χ4v) is 1.52. The minimum Gasteiger partial charge on any atom is -0.428 e. The molecular formula is C11H15N3O2. The van der Waals surface area contributed by atoms with Crippen LogP contribution in [0.4, 0.5) is 0 Å². The van der Waals surface area contributed by atoms with Gasteiger partial charge in [-0.05, 0) is 19.8 Å². The van der Waals surface area contributed by atoms with E-state index in [0.29, 0.717) is 6.01 Å². The van der Waals surface area contributed by atoms with Crippen molar-refractivity contribution in [3.63, 3.8) is 0 Å². The molecule has 5 nitrogen and oxygen atoms in total. The lowest BCUT2D eigenvalue weighted by atomic mass is 10.2. The van der Waals surface area contributed by atoms with Crippen LogP contribution >= 0.6 is 0 Å². The van der Waals surface area contributed by atoms with E-state index in [-0.39, 0.29) is 6.61 Å². The van der Waals surface area contributed by atoms with Crippen LogP contribution in [0.2, 0.25) is 0 Å². The van der Waals surface area contributed by atoms with Gasteiger partial charge in [0.25, 0.3) is 0 Å². The summed E-state index contributed by atoms with van der Waals surface area (Å²) >= 11 is 0. The van der Waals surface area contributed by atoms with Gasteiger partial charge in [0.2, 0.25) is 0 Å². The highest BCUT2D eigenvalue weighted by molar-refractivity contribution is 5.12. The number of unbranched alkanes of at least 4 members (excludes halogenated alkanes) is 1. The highest BCUT2D eigenvalue weighted by Gasteiger charge is 2.07. The van der Waals surface area contributed by atoms with Gasteiger partial charge in [-0.3, -0.25) is 4.57 Å². The molecule has 2 rings (SSSR count).